The van der Waals surface area contributed by atoms with Gasteiger partial charge in [0, 0.05) is 18.2 Å². The molecular weight excluding hydrogens is 362 g/mol. The van der Waals surface area contributed by atoms with Crippen LogP contribution in [0.25, 0.3) is 17.4 Å². The molecule has 0 unspecified atom stereocenters. The molecule has 1 aromatic heterocycles. The van der Waals surface area contributed by atoms with Gasteiger partial charge in [0.1, 0.15) is 23.2 Å². The van der Waals surface area contributed by atoms with Crippen molar-refractivity contribution in [2.45, 2.75) is 12.8 Å². The highest BCUT2D eigenvalue weighted by molar-refractivity contribution is 6.01. The molecule has 0 saturated heterocycles. The molecule has 0 aliphatic heterocycles. The molecule has 1 amide bonds. The van der Waals surface area contributed by atoms with Crippen LogP contribution in [-0.4, -0.2) is 12.5 Å². The first-order valence-corrected chi connectivity index (χ1v) is 9.24. The van der Waals surface area contributed by atoms with Crippen LogP contribution >= 0.6 is 0 Å². The van der Waals surface area contributed by atoms with Gasteiger partial charge in [0.15, 0.2) is 0 Å². The number of carbonyl (C=O) groups is 1. The second-order valence-electron chi connectivity index (χ2n) is 6.37. The normalized spacial score (nSPS) is 10.8. The number of hydrogen-bond acceptors (Lipinski definition) is 4. The average molecular weight is 381 g/mol. The van der Waals surface area contributed by atoms with Gasteiger partial charge in [0.2, 0.25) is 0 Å². The van der Waals surface area contributed by atoms with Gasteiger partial charge in [0.25, 0.3) is 5.91 Å². The Kier molecular flexibility index (Phi) is 6.60. The Labute approximate surface area is 169 Å². The molecule has 2 aromatic carbocycles. The highest BCUT2D eigenvalue weighted by Gasteiger charge is 2.12. The molecule has 3 aromatic rings. The molecule has 3 rings (SSSR count). The number of furan rings is 1. The summed E-state index contributed by atoms with van der Waals surface area (Å²) in [6.45, 7) is 0.478. The molecule has 1 heterocycles. The minimum absolute atomic E-state index is 0.0285. The lowest BCUT2D eigenvalue weighted by molar-refractivity contribution is -0.117. The summed E-state index contributed by atoms with van der Waals surface area (Å²) in [6, 6.07) is 24.5. The lowest BCUT2D eigenvalue weighted by Crippen LogP contribution is -2.25. The molecular formula is C24H19N3O2. The number of hydrogen-bond donors (Lipinski definition) is 1. The summed E-state index contributed by atoms with van der Waals surface area (Å²) in [5, 5.41) is 21.3. The Morgan fingerprint density at radius 3 is 2.52 bits per heavy atom. The third-order valence-electron chi connectivity index (χ3n) is 4.36. The van der Waals surface area contributed by atoms with Crippen molar-refractivity contribution < 1.29 is 9.21 Å². The zero-order valence-electron chi connectivity index (χ0n) is 15.8. The molecule has 0 aliphatic carbocycles. The fraction of sp³-hybridized carbons (Fsp3) is 0.125. The number of nitrogens with zero attached hydrogens (tertiary/aromatic N) is 2. The van der Waals surface area contributed by atoms with Crippen LogP contribution in [0.3, 0.4) is 0 Å². The van der Waals surface area contributed by atoms with E-state index in [0.29, 0.717) is 29.2 Å². The smallest absolute Gasteiger partial charge is 0.262 e. The number of amides is 1. The number of rotatable bonds is 7. The van der Waals surface area contributed by atoms with Crippen LogP contribution in [0.2, 0.25) is 0 Å². The third-order valence-corrected chi connectivity index (χ3v) is 4.36. The van der Waals surface area contributed by atoms with E-state index >= 15 is 0 Å². The molecule has 0 bridgehead atoms. The first kappa shape index (κ1) is 19.7. The Bertz CT molecular complexity index is 1100. The summed E-state index contributed by atoms with van der Waals surface area (Å²) in [4.78, 5) is 12.3. The van der Waals surface area contributed by atoms with Crippen LogP contribution in [0.4, 0.5) is 0 Å². The number of benzene rings is 2. The lowest BCUT2D eigenvalue weighted by Gasteiger charge is -2.04. The molecule has 0 aliphatic rings. The van der Waals surface area contributed by atoms with E-state index in [1.54, 1.807) is 30.3 Å². The van der Waals surface area contributed by atoms with Crippen LogP contribution < -0.4 is 5.32 Å². The number of carbonyl (C=O) groups excluding carboxylic acids is 1. The van der Waals surface area contributed by atoms with Gasteiger partial charge in [-0.1, -0.05) is 42.5 Å². The van der Waals surface area contributed by atoms with Crippen LogP contribution in [0.15, 0.2) is 76.7 Å². The molecule has 1 N–H and O–H groups in total. The first-order chi connectivity index (χ1) is 14.2. The molecule has 0 atom stereocenters. The summed E-state index contributed by atoms with van der Waals surface area (Å²) >= 11 is 0. The molecule has 29 heavy (non-hydrogen) atoms. The number of nitrogens with one attached hydrogen (secondary N) is 1. The van der Waals surface area contributed by atoms with Crippen LogP contribution in [0.1, 0.15) is 23.3 Å². The van der Waals surface area contributed by atoms with Crippen molar-refractivity contribution in [3.05, 3.63) is 89.2 Å². The van der Waals surface area contributed by atoms with E-state index in [4.69, 9.17) is 4.42 Å². The van der Waals surface area contributed by atoms with Gasteiger partial charge in [-0.05, 0) is 42.7 Å². The topological polar surface area (TPSA) is 89.8 Å². The van der Waals surface area contributed by atoms with Crippen molar-refractivity contribution in [3.8, 4) is 23.5 Å². The molecule has 0 saturated carbocycles. The zero-order chi connectivity index (χ0) is 20.5. The van der Waals surface area contributed by atoms with Crippen molar-refractivity contribution in [1.82, 2.24) is 5.32 Å². The van der Waals surface area contributed by atoms with Gasteiger partial charge in [0.05, 0.1) is 11.6 Å². The standard InChI is InChI=1S/C24H19N3O2/c25-16-19-10-4-5-11-22(19)23-13-12-21(29-23)15-20(17-26)24(28)27-14-6-9-18-7-2-1-3-8-18/h1-5,7-8,10-13,15H,6,9,14H2,(H,27,28)/b20-15-. The number of nitriles is 2. The predicted octanol–water partition coefficient (Wildman–Crippen LogP) is 4.47. The SMILES string of the molecule is N#C/C(=C/c1ccc(-c2ccccc2C#N)o1)C(=O)NCCCc1ccccc1. The van der Waals surface area contributed by atoms with Crippen LogP contribution in [0, 0.1) is 22.7 Å². The Morgan fingerprint density at radius 2 is 1.76 bits per heavy atom. The summed E-state index contributed by atoms with van der Waals surface area (Å²) in [5.74, 6) is 0.452. The first-order valence-electron chi connectivity index (χ1n) is 9.24. The number of aryl methyl sites for hydroxylation is 1. The van der Waals surface area contributed by atoms with Gasteiger partial charge < -0.3 is 9.73 Å². The summed E-state index contributed by atoms with van der Waals surface area (Å²) in [7, 11) is 0. The van der Waals surface area contributed by atoms with E-state index in [2.05, 4.69) is 11.4 Å². The average Bonchev–Trinajstić information content (AvgIpc) is 3.24. The highest BCUT2D eigenvalue weighted by atomic mass is 16.3. The predicted molar refractivity (Wildman–Crippen MR) is 110 cm³/mol. The second kappa shape index (κ2) is 9.73. The van der Waals surface area contributed by atoms with E-state index in [9.17, 15) is 15.3 Å². The summed E-state index contributed by atoms with van der Waals surface area (Å²) < 4.78 is 5.72. The summed E-state index contributed by atoms with van der Waals surface area (Å²) in [6.07, 6.45) is 3.04. The fourth-order valence-corrected chi connectivity index (χ4v) is 2.90. The minimum Gasteiger partial charge on any atom is -0.457 e. The molecule has 0 spiro atoms. The van der Waals surface area contributed by atoms with E-state index in [-0.39, 0.29) is 5.57 Å². The van der Waals surface area contributed by atoms with Crippen molar-refractivity contribution in [2.75, 3.05) is 6.54 Å². The highest BCUT2D eigenvalue weighted by Crippen LogP contribution is 2.26. The van der Waals surface area contributed by atoms with E-state index < -0.39 is 5.91 Å². The largest absolute Gasteiger partial charge is 0.457 e. The maximum atomic E-state index is 12.3. The monoisotopic (exact) mass is 381 g/mol. The van der Waals surface area contributed by atoms with E-state index in [0.717, 1.165) is 12.8 Å². The molecule has 0 radical (unpaired) electrons. The van der Waals surface area contributed by atoms with Gasteiger partial charge in [-0.15, -0.1) is 0 Å². The zero-order valence-corrected chi connectivity index (χ0v) is 15.8. The van der Waals surface area contributed by atoms with Crippen molar-refractivity contribution >= 4 is 12.0 Å². The maximum Gasteiger partial charge on any atom is 0.262 e. The summed E-state index contributed by atoms with van der Waals surface area (Å²) in [5.41, 5.74) is 2.34. The Balaban J connectivity index is 1.62. The Hall–Kier alpha value is -4.09. The van der Waals surface area contributed by atoms with Gasteiger partial charge >= 0.3 is 0 Å². The van der Waals surface area contributed by atoms with E-state index in [1.807, 2.05) is 42.5 Å². The lowest BCUT2D eigenvalue weighted by atomic mass is 10.1. The van der Waals surface area contributed by atoms with E-state index in [1.165, 1.54) is 11.6 Å². The minimum atomic E-state index is -0.434. The van der Waals surface area contributed by atoms with Gasteiger partial charge in [-0.3, -0.25) is 4.79 Å². The molecule has 5 heteroatoms. The second-order valence-corrected chi connectivity index (χ2v) is 6.37. The Morgan fingerprint density at radius 1 is 1.00 bits per heavy atom. The maximum absolute atomic E-state index is 12.3. The van der Waals surface area contributed by atoms with Gasteiger partial charge in [-0.25, -0.2) is 0 Å². The fourth-order valence-electron chi connectivity index (χ4n) is 2.90. The quantitative estimate of drug-likeness (QED) is 0.371. The molecule has 0 fully saturated rings. The van der Waals surface area contributed by atoms with Crippen LogP contribution in [-0.2, 0) is 11.2 Å². The molecule has 142 valence electrons. The van der Waals surface area contributed by atoms with Gasteiger partial charge in [-0.2, -0.15) is 10.5 Å². The van der Waals surface area contributed by atoms with Crippen molar-refractivity contribution in [2.24, 2.45) is 0 Å². The van der Waals surface area contributed by atoms with Crippen molar-refractivity contribution in [3.63, 3.8) is 0 Å². The van der Waals surface area contributed by atoms with Crippen LogP contribution in [0.5, 0.6) is 0 Å². The molecule has 5 nitrogen and oxygen atoms in total. The third kappa shape index (κ3) is 5.22. The van der Waals surface area contributed by atoms with Crippen molar-refractivity contribution in [1.29, 1.82) is 10.5 Å².